The number of carbonyl (C=O) groups excluding carboxylic acids is 1. The maximum atomic E-state index is 13.2. The van der Waals surface area contributed by atoms with Crippen molar-refractivity contribution in [3.63, 3.8) is 0 Å². The molecule has 0 saturated carbocycles. The second-order valence-electron chi connectivity index (χ2n) is 7.59. The van der Waals surface area contributed by atoms with Gasteiger partial charge in [-0.3, -0.25) is 4.79 Å². The highest BCUT2D eigenvalue weighted by Gasteiger charge is 2.09. The van der Waals surface area contributed by atoms with Gasteiger partial charge in [0, 0.05) is 29.6 Å². The summed E-state index contributed by atoms with van der Waals surface area (Å²) < 4.78 is 13.2. The number of nitrogens with zero attached hydrogens (tertiary/aromatic N) is 2. The summed E-state index contributed by atoms with van der Waals surface area (Å²) in [5.41, 5.74) is 3.52. The zero-order chi connectivity index (χ0) is 21.5. The van der Waals surface area contributed by atoms with E-state index in [-0.39, 0.29) is 11.7 Å². The van der Waals surface area contributed by atoms with E-state index in [0.29, 0.717) is 23.8 Å². The van der Waals surface area contributed by atoms with E-state index in [0.717, 1.165) is 30.5 Å². The predicted molar refractivity (Wildman–Crippen MR) is 121 cm³/mol. The van der Waals surface area contributed by atoms with Gasteiger partial charge in [0.05, 0.1) is 0 Å². The molecule has 2 N–H and O–H groups in total. The molecule has 0 spiro atoms. The molecule has 1 aliphatic rings. The Morgan fingerprint density at radius 3 is 2.74 bits per heavy atom. The Morgan fingerprint density at radius 2 is 1.94 bits per heavy atom. The molecule has 2 aromatic carbocycles. The van der Waals surface area contributed by atoms with Crippen LogP contribution in [0.1, 0.15) is 42.5 Å². The van der Waals surface area contributed by atoms with Crippen LogP contribution in [0.25, 0.3) is 11.4 Å². The van der Waals surface area contributed by atoms with Crippen molar-refractivity contribution in [2.24, 2.45) is 0 Å². The fourth-order valence-corrected chi connectivity index (χ4v) is 3.62. The maximum Gasteiger partial charge on any atom is 0.251 e. The first-order chi connectivity index (χ1) is 15.2. The first-order valence-electron chi connectivity index (χ1n) is 10.6. The smallest absolute Gasteiger partial charge is 0.251 e. The molecule has 4 rings (SSSR count). The molecule has 0 unspecified atom stereocenters. The molecule has 0 bridgehead atoms. The number of benzene rings is 2. The van der Waals surface area contributed by atoms with Crippen molar-refractivity contribution >= 4 is 17.4 Å². The number of hydrogen-bond donors (Lipinski definition) is 2. The molecule has 0 saturated heterocycles. The van der Waals surface area contributed by atoms with Gasteiger partial charge in [-0.05, 0) is 80.6 Å². The first-order valence-corrected chi connectivity index (χ1v) is 10.6. The molecular formula is C25H25FN4O. The summed E-state index contributed by atoms with van der Waals surface area (Å²) in [5.74, 6) is 0.699. The van der Waals surface area contributed by atoms with Crippen LogP contribution in [-0.4, -0.2) is 22.4 Å². The minimum atomic E-state index is -0.302. The highest BCUT2D eigenvalue weighted by molar-refractivity contribution is 5.95. The van der Waals surface area contributed by atoms with Gasteiger partial charge in [-0.1, -0.05) is 17.7 Å². The quantitative estimate of drug-likeness (QED) is 0.489. The molecule has 0 atom stereocenters. The average molecular weight is 417 g/mol. The van der Waals surface area contributed by atoms with Gasteiger partial charge >= 0.3 is 0 Å². The van der Waals surface area contributed by atoms with E-state index < -0.39 is 0 Å². The lowest BCUT2D eigenvalue weighted by atomic mass is 9.97. The summed E-state index contributed by atoms with van der Waals surface area (Å²) in [6, 6.07) is 15.1. The number of carbonyl (C=O) groups is 1. The second-order valence-corrected chi connectivity index (χ2v) is 7.59. The molecule has 31 heavy (non-hydrogen) atoms. The number of amides is 1. The van der Waals surface area contributed by atoms with Gasteiger partial charge in [-0.2, -0.15) is 0 Å². The zero-order valence-corrected chi connectivity index (χ0v) is 17.3. The Labute approximate surface area is 181 Å². The third-order valence-corrected chi connectivity index (χ3v) is 5.27. The molecule has 1 aliphatic carbocycles. The lowest BCUT2D eigenvalue weighted by Crippen LogP contribution is -2.24. The SMILES string of the molecule is O=C(NCCC1=CCCCC1)c1cccc(Nc2ccnc(-c3ccc(F)cc3)n2)c1. The van der Waals surface area contributed by atoms with E-state index in [1.54, 1.807) is 36.5 Å². The van der Waals surface area contributed by atoms with Gasteiger partial charge in [0.25, 0.3) is 5.91 Å². The number of halogens is 1. The second kappa shape index (κ2) is 9.98. The van der Waals surface area contributed by atoms with Gasteiger partial charge in [0.1, 0.15) is 11.6 Å². The van der Waals surface area contributed by atoms with E-state index in [9.17, 15) is 9.18 Å². The average Bonchev–Trinajstić information content (AvgIpc) is 2.80. The van der Waals surface area contributed by atoms with E-state index in [1.807, 2.05) is 12.1 Å². The Kier molecular flexibility index (Phi) is 6.67. The van der Waals surface area contributed by atoms with Crippen molar-refractivity contribution in [1.29, 1.82) is 0 Å². The normalized spacial score (nSPS) is 13.4. The van der Waals surface area contributed by atoms with E-state index in [4.69, 9.17) is 0 Å². The Balaban J connectivity index is 1.39. The van der Waals surface area contributed by atoms with Crippen LogP contribution in [0.5, 0.6) is 0 Å². The molecule has 1 amide bonds. The van der Waals surface area contributed by atoms with Gasteiger partial charge in [0.15, 0.2) is 5.82 Å². The van der Waals surface area contributed by atoms with Crippen molar-refractivity contribution in [3.8, 4) is 11.4 Å². The minimum absolute atomic E-state index is 0.0882. The fourth-order valence-electron chi connectivity index (χ4n) is 3.62. The lowest BCUT2D eigenvalue weighted by Gasteiger charge is -2.13. The largest absolute Gasteiger partial charge is 0.352 e. The van der Waals surface area contributed by atoms with Crippen LogP contribution < -0.4 is 10.6 Å². The molecule has 158 valence electrons. The molecular weight excluding hydrogens is 391 g/mol. The summed E-state index contributed by atoms with van der Waals surface area (Å²) in [7, 11) is 0. The van der Waals surface area contributed by atoms with Crippen molar-refractivity contribution in [2.75, 3.05) is 11.9 Å². The molecule has 0 fully saturated rings. The van der Waals surface area contributed by atoms with Gasteiger partial charge < -0.3 is 10.6 Å². The van der Waals surface area contributed by atoms with Crippen LogP contribution in [0, 0.1) is 5.82 Å². The summed E-state index contributed by atoms with van der Waals surface area (Å²) in [6.45, 7) is 0.648. The lowest BCUT2D eigenvalue weighted by molar-refractivity contribution is 0.0954. The topological polar surface area (TPSA) is 66.9 Å². The van der Waals surface area contributed by atoms with Gasteiger partial charge in [-0.25, -0.2) is 14.4 Å². The van der Waals surface area contributed by atoms with E-state index in [1.165, 1.54) is 30.5 Å². The summed E-state index contributed by atoms with van der Waals surface area (Å²) >= 11 is 0. The number of rotatable bonds is 7. The van der Waals surface area contributed by atoms with Crippen molar-refractivity contribution in [3.05, 3.63) is 83.8 Å². The molecule has 1 aromatic heterocycles. The van der Waals surface area contributed by atoms with E-state index >= 15 is 0 Å². The van der Waals surface area contributed by atoms with Crippen molar-refractivity contribution < 1.29 is 9.18 Å². The van der Waals surface area contributed by atoms with Gasteiger partial charge in [0.2, 0.25) is 0 Å². The molecule has 1 heterocycles. The summed E-state index contributed by atoms with van der Waals surface area (Å²) in [6.07, 6.45) is 9.69. The number of anilines is 2. The highest BCUT2D eigenvalue weighted by atomic mass is 19.1. The monoisotopic (exact) mass is 416 g/mol. The molecule has 0 radical (unpaired) electrons. The van der Waals surface area contributed by atoms with E-state index in [2.05, 4.69) is 26.7 Å². The first kappa shape index (κ1) is 20.7. The van der Waals surface area contributed by atoms with Crippen LogP contribution in [-0.2, 0) is 0 Å². The van der Waals surface area contributed by atoms with Gasteiger partial charge in [-0.15, -0.1) is 0 Å². The Morgan fingerprint density at radius 1 is 1.06 bits per heavy atom. The minimum Gasteiger partial charge on any atom is -0.352 e. The number of allylic oxidation sites excluding steroid dienone is 1. The van der Waals surface area contributed by atoms with Crippen molar-refractivity contribution in [1.82, 2.24) is 15.3 Å². The number of aromatic nitrogens is 2. The third kappa shape index (κ3) is 5.75. The van der Waals surface area contributed by atoms with Crippen LogP contribution >= 0.6 is 0 Å². The third-order valence-electron chi connectivity index (χ3n) is 5.27. The standard InChI is InChI=1S/C25H25FN4O/c26-21-11-9-19(10-12-21)24-27-16-14-23(30-24)29-22-8-4-7-20(17-22)25(31)28-15-13-18-5-2-1-3-6-18/h4-5,7-12,14,16-17H,1-3,6,13,15H2,(H,28,31)(H,27,29,30). The van der Waals surface area contributed by atoms with Crippen LogP contribution in [0.15, 0.2) is 72.4 Å². The zero-order valence-electron chi connectivity index (χ0n) is 17.3. The molecule has 3 aromatic rings. The number of hydrogen-bond acceptors (Lipinski definition) is 4. The van der Waals surface area contributed by atoms with Crippen LogP contribution in [0.4, 0.5) is 15.9 Å². The predicted octanol–water partition coefficient (Wildman–Crippen LogP) is 5.65. The summed E-state index contributed by atoms with van der Waals surface area (Å²) in [4.78, 5) is 21.3. The fraction of sp³-hybridized carbons (Fsp3) is 0.240. The number of nitrogens with one attached hydrogen (secondary N) is 2. The highest BCUT2D eigenvalue weighted by Crippen LogP contribution is 2.21. The molecule has 5 nitrogen and oxygen atoms in total. The Hall–Kier alpha value is -3.54. The Bertz CT molecular complexity index is 1080. The summed E-state index contributed by atoms with van der Waals surface area (Å²) in [5, 5.41) is 6.22. The molecule has 6 heteroatoms. The van der Waals surface area contributed by atoms with Crippen LogP contribution in [0.3, 0.4) is 0 Å². The molecule has 0 aliphatic heterocycles. The maximum absolute atomic E-state index is 13.2. The van der Waals surface area contributed by atoms with Crippen LogP contribution in [0.2, 0.25) is 0 Å². The van der Waals surface area contributed by atoms with Crippen molar-refractivity contribution in [2.45, 2.75) is 32.1 Å².